The molecule has 4 rings (SSSR count). The summed E-state index contributed by atoms with van der Waals surface area (Å²) in [5, 5.41) is 0. The van der Waals surface area contributed by atoms with Gasteiger partial charge in [-0.2, -0.15) is 13.2 Å². The summed E-state index contributed by atoms with van der Waals surface area (Å²) in [6.07, 6.45) is -4.02. The third-order valence-electron chi connectivity index (χ3n) is 5.51. The van der Waals surface area contributed by atoms with Crippen molar-refractivity contribution in [2.75, 3.05) is 36.0 Å². The second kappa shape index (κ2) is 9.53. The molecule has 0 atom stereocenters. The van der Waals surface area contributed by atoms with Crippen molar-refractivity contribution in [2.45, 2.75) is 11.1 Å². The number of pyridine rings is 1. The molecule has 1 N–H and O–H groups in total. The van der Waals surface area contributed by atoms with Crippen LogP contribution in [0, 0.1) is 5.82 Å². The lowest BCUT2D eigenvalue weighted by Gasteiger charge is -2.36. The van der Waals surface area contributed by atoms with Crippen LogP contribution in [0.1, 0.15) is 15.9 Å². The zero-order valence-corrected chi connectivity index (χ0v) is 19.0. The number of piperazine rings is 1. The number of hydrogen-bond acceptors (Lipinski definition) is 6. The largest absolute Gasteiger partial charge is 0.417 e. The first kappa shape index (κ1) is 24.5. The predicted octanol–water partition coefficient (Wildman–Crippen LogP) is 3.68. The van der Waals surface area contributed by atoms with Crippen LogP contribution in [0.3, 0.4) is 0 Å². The number of carbonyl (C=O) groups is 1. The van der Waals surface area contributed by atoms with E-state index in [0.717, 1.165) is 25.0 Å². The molecule has 3 aromatic rings. The Morgan fingerprint density at radius 2 is 1.57 bits per heavy atom. The molecule has 2 aromatic carbocycles. The molecular weight excluding hydrogens is 488 g/mol. The summed E-state index contributed by atoms with van der Waals surface area (Å²) in [4.78, 5) is 20.3. The molecule has 35 heavy (non-hydrogen) atoms. The SMILES string of the molecule is O=C(NS(=O)(=O)c1ccc(N2CCN(c3ccccc3)CC2)nc1)c1ccc(F)cc1C(F)(F)F. The van der Waals surface area contributed by atoms with E-state index >= 15 is 0 Å². The van der Waals surface area contributed by atoms with Crippen LogP contribution in [0.15, 0.2) is 71.8 Å². The average molecular weight is 508 g/mol. The second-order valence-electron chi connectivity index (χ2n) is 7.78. The summed E-state index contributed by atoms with van der Waals surface area (Å²) in [6, 6.07) is 13.9. The molecule has 7 nitrogen and oxygen atoms in total. The molecule has 12 heteroatoms. The van der Waals surface area contributed by atoms with Crippen molar-refractivity contribution in [3.05, 3.63) is 83.8 Å². The minimum Gasteiger partial charge on any atom is -0.368 e. The van der Waals surface area contributed by atoms with Crippen molar-refractivity contribution in [2.24, 2.45) is 0 Å². The number of aromatic nitrogens is 1. The van der Waals surface area contributed by atoms with E-state index in [1.54, 1.807) is 4.72 Å². The van der Waals surface area contributed by atoms with Gasteiger partial charge in [-0.05, 0) is 42.5 Å². The van der Waals surface area contributed by atoms with E-state index in [1.807, 2.05) is 35.2 Å². The normalized spacial score (nSPS) is 14.6. The Bertz CT molecular complexity index is 1310. The van der Waals surface area contributed by atoms with Gasteiger partial charge in [0, 0.05) is 38.1 Å². The Labute approximate surface area is 199 Å². The lowest BCUT2D eigenvalue weighted by Crippen LogP contribution is -2.46. The number of halogens is 4. The molecule has 1 aliphatic heterocycles. The van der Waals surface area contributed by atoms with Crippen LogP contribution >= 0.6 is 0 Å². The number of amides is 1. The molecule has 1 aromatic heterocycles. The Kier molecular flexibility index (Phi) is 6.66. The van der Waals surface area contributed by atoms with E-state index in [1.165, 1.54) is 12.1 Å². The number of sulfonamides is 1. The highest BCUT2D eigenvalue weighted by molar-refractivity contribution is 7.90. The van der Waals surface area contributed by atoms with E-state index in [0.29, 0.717) is 31.0 Å². The van der Waals surface area contributed by atoms with Crippen LogP contribution in [0.5, 0.6) is 0 Å². The molecule has 1 fully saturated rings. The fraction of sp³-hybridized carbons (Fsp3) is 0.217. The highest BCUT2D eigenvalue weighted by atomic mass is 32.2. The van der Waals surface area contributed by atoms with Crippen molar-refractivity contribution in [3.63, 3.8) is 0 Å². The number of anilines is 2. The molecular formula is C23H20F4N4O3S. The van der Waals surface area contributed by atoms with E-state index in [9.17, 15) is 30.8 Å². The van der Waals surface area contributed by atoms with Crippen LogP contribution < -0.4 is 14.5 Å². The summed E-state index contributed by atoms with van der Waals surface area (Å²) in [5.41, 5.74) is -1.48. The van der Waals surface area contributed by atoms with Gasteiger partial charge < -0.3 is 9.80 Å². The zero-order valence-electron chi connectivity index (χ0n) is 18.2. The monoisotopic (exact) mass is 508 g/mol. The molecule has 2 heterocycles. The Balaban J connectivity index is 1.44. The number of hydrogen-bond donors (Lipinski definition) is 1. The van der Waals surface area contributed by atoms with Gasteiger partial charge in [0.2, 0.25) is 0 Å². The minimum atomic E-state index is -5.05. The summed E-state index contributed by atoms with van der Waals surface area (Å²) >= 11 is 0. The van der Waals surface area contributed by atoms with Gasteiger partial charge in [0.25, 0.3) is 15.9 Å². The molecule has 184 valence electrons. The maximum atomic E-state index is 13.3. The van der Waals surface area contributed by atoms with Gasteiger partial charge in [0.15, 0.2) is 0 Å². The fourth-order valence-electron chi connectivity index (χ4n) is 3.74. The lowest BCUT2D eigenvalue weighted by molar-refractivity contribution is -0.138. The van der Waals surface area contributed by atoms with Crippen LogP contribution in [0.2, 0.25) is 0 Å². The molecule has 0 spiro atoms. The van der Waals surface area contributed by atoms with Gasteiger partial charge in [0.1, 0.15) is 16.5 Å². The number of nitrogens with zero attached hydrogens (tertiary/aromatic N) is 3. The van der Waals surface area contributed by atoms with Crippen LogP contribution in [0.4, 0.5) is 29.1 Å². The van der Waals surface area contributed by atoms with Crippen molar-refractivity contribution in [3.8, 4) is 0 Å². The summed E-state index contributed by atoms with van der Waals surface area (Å²) in [7, 11) is -4.52. The minimum absolute atomic E-state index is 0.134. The first-order valence-corrected chi connectivity index (χ1v) is 12.0. The third-order valence-corrected chi connectivity index (χ3v) is 6.83. The van der Waals surface area contributed by atoms with Gasteiger partial charge >= 0.3 is 6.18 Å². The first-order chi connectivity index (χ1) is 16.5. The van der Waals surface area contributed by atoms with E-state index in [2.05, 4.69) is 9.88 Å². The van der Waals surface area contributed by atoms with Crippen molar-refractivity contribution < 1.29 is 30.8 Å². The van der Waals surface area contributed by atoms with Gasteiger partial charge in [-0.3, -0.25) is 4.79 Å². The number of para-hydroxylation sites is 1. The smallest absolute Gasteiger partial charge is 0.368 e. The van der Waals surface area contributed by atoms with Crippen molar-refractivity contribution in [1.29, 1.82) is 0 Å². The number of nitrogens with one attached hydrogen (secondary N) is 1. The Morgan fingerprint density at radius 3 is 2.17 bits per heavy atom. The Morgan fingerprint density at radius 1 is 0.914 bits per heavy atom. The quantitative estimate of drug-likeness (QED) is 0.530. The molecule has 0 radical (unpaired) electrons. The van der Waals surface area contributed by atoms with E-state index < -0.39 is 43.9 Å². The summed E-state index contributed by atoms with van der Waals surface area (Å²) in [5.74, 6) is -2.21. The van der Waals surface area contributed by atoms with Crippen LogP contribution in [-0.2, 0) is 16.2 Å². The average Bonchev–Trinajstić information content (AvgIpc) is 2.84. The molecule has 0 bridgehead atoms. The Hall–Kier alpha value is -3.67. The molecule has 0 saturated carbocycles. The molecule has 0 aliphatic carbocycles. The fourth-order valence-corrected chi connectivity index (χ4v) is 4.65. The lowest BCUT2D eigenvalue weighted by atomic mass is 10.1. The number of carbonyl (C=O) groups excluding carboxylic acids is 1. The molecule has 1 aliphatic rings. The molecule has 0 unspecified atom stereocenters. The van der Waals surface area contributed by atoms with Gasteiger partial charge in [0.05, 0.1) is 11.1 Å². The maximum absolute atomic E-state index is 13.3. The highest BCUT2D eigenvalue weighted by Crippen LogP contribution is 2.32. The van der Waals surface area contributed by atoms with Gasteiger partial charge in [-0.1, -0.05) is 18.2 Å². The van der Waals surface area contributed by atoms with Gasteiger partial charge in [-0.25, -0.2) is 22.5 Å². The summed E-state index contributed by atoms with van der Waals surface area (Å²) in [6.45, 7) is 2.77. The third kappa shape index (κ3) is 5.53. The second-order valence-corrected chi connectivity index (χ2v) is 9.47. The zero-order chi connectivity index (χ0) is 25.2. The van der Waals surface area contributed by atoms with Gasteiger partial charge in [-0.15, -0.1) is 0 Å². The molecule has 1 amide bonds. The number of rotatable bonds is 5. The summed E-state index contributed by atoms with van der Waals surface area (Å²) < 4.78 is 79.6. The van der Waals surface area contributed by atoms with Crippen LogP contribution in [0.25, 0.3) is 0 Å². The predicted molar refractivity (Wildman–Crippen MR) is 121 cm³/mol. The van der Waals surface area contributed by atoms with Crippen LogP contribution in [-0.4, -0.2) is 45.5 Å². The van der Waals surface area contributed by atoms with E-state index in [4.69, 9.17) is 0 Å². The standard InChI is InChI=1S/C23H20F4N4O3S/c24-16-6-8-19(20(14-16)23(25,26)27)22(32)29-35(33,34)18-7-9-21(28-15-18)31-12-10-30(11-13-31)17-4-2-1-3-5-17/h1-9,14-15H,10-13H2,(H,29,32). The first-order valence-electron chi connectivity index (χ1n) is 10.5. The number of benzene rings is 2. The molecule has 1 saturated heterocycles. The van der Waals surface area contributed by atoms with Crippen molar-refractivity contribution in [1.82, 2.24) is 9.71 Å². The topological polar surface area (TPSA) is 82.6 Å². The van der Waals surface area contributed by atoms with E-state index in [-0.39, 0.29) is 6.07 Å². The number of alkyl halides is 3. The highest BCUT2D eigenvalue weighted by Gasteiger charge is 2.36. The maximum Gasteiger partial charge on any atom is 0.417 e. The van der Waals surface area contributed by atoms with Crippen molar-refractivity contribution >= 4 is 27.4 Å².